The quantitative estimate of drug-likeness (QED) is 0.680. The van der Waals surface area contributed by atoms with Crippen molar-refractivity contribution >= 4 is 11.6 Å². The van der Waals surface area contributed by atoms with Crippen LogP contribution in [0.1, 0.15) is 5.56 Å². The van der Waals surface area contributed by atoms with Gasteiger partial charge in [-0.2, -0.15) is 5.10 Å². The highest BCUT2D eigenvalue weighted by Crippen LogP contribution is 2.19. The van der Waals surface area contributed by atoms with Crippen molar-refractivity contribution in [2.24, 2.45) is 0 Å². The van der Waals surface area contributed by atoms with Crippen LogP contribution in [0.4, 0.5) is 0 Å². The van der Waals surface area contributed by atoms with Gasteiger partial charge in [0.25, 0.3) is 0 Å². The molecular weight excluding hydrogens is 258 g/mol. The second-order valence-electron chi connectivity index (χ2n) is 4.25. The largest absolute Gasteiger partial charge is 0.268 e. The van der Waals surface area contributed by atoms with Gasteiger partial charge in [0.15, 0.2) is 0 Å². The second-order valence-corrected chi connectivity index (χ2v) is 4.60. The predicted molar refractivity (Wildman–Crippen MR) is 76.0 cm³/mol. The van der Waals surface area contributed by atoms with E-state index in [1.807, 2.05) is 47.4 Å². The van der Waals surface area contributed by atoms with Crippen LogP contribution in [0.5, 0.6) is 0 Å². The minimum absolute atomic E-state index is 0.527. The average molecular weight is 270 g/mol. The lowest BCUT2D eigenvalue weighted by atomic mass is 10.1. The lowest BCUT2D eigenvalue weighted by Crippen LogP contribution is -2.00. The monoisotopic (exact) mass is 269 g/mol. The number of nitrogens with zero attached hydrogens (tertiary/aromatic N) is 3. The van der Waals surface area contributed by atoms with Crippen LogP contribution in [0, 0.1) is 0 Å². The molecule has 0 spiro atoms. The molecule has 2 heterocycles. The normalized spacial score (nSPS) is 10.6. The van der Waals surface area contributed by atoms with Gasteiger partial charge in [0.1, 0.15) is 5.15 Å². The Labute approximate surface area is 116 Å². The van der Waals surface area contributed by atoms with Gasteiger partial charge in [-0.3, -0.25) is 4.68 Å². The molecule has 0 amide bonds. The third-order valence-electron chi connectivity index (χ3n) is 2.91. The minimum Gasteiger partial charge on any atom is -0.268 e. The number of rotatable bonds is 3. The van der Waals surface area contributed by atoms with E-state index < -0.39 is 0 Å². The molecule has 3 rings (SSSR count). The van der Waals surface area contributed by atoms with Crippen LogP contribution < -0.4 is 0 Å². The van der Waals surface area contributed by atoms with Crippen LogP contribution in [-0.4, -0.2) is 14.8 Å². The van der Waals surface area contributed by atoms with Crippen molar-refractivity contribution in [2.75, 3.05) is 0 Å². The zero-order chi connectivity index (χ0) is 13.1. The van der Waals surface area contributed by atoms with Crippen LogP contribution >= 0.6 is 11.6 Å². The summed E-state index contributed by atoms with van der Waals surface area (Å²) in [6.07, 6.45) is 5.56. The molecule has 3 nitrogen and oxygen atoms in total. The summed E-state index contributed by atoms with van der Waals surface area (Å²) in [6.45, 7) is 0.625. The van der Waals surface area contributed by atoms with Crippen molar-refractivity contribution in [1.29, 1.82) is 0 Å². The summed E-state index contributed by atoms with van der Waals surface area (Å²) < 4.78 is 1.87. The first-order valence-corrected chi connectivity index (χ1v) is 6.38. The van der Waals surface area contributed by atoms with E-state index in [2.05, 4.69) is 22.2 Å². The van der Waals surface area contributed by atoms with E-state index in [0.29, 0.717) is 11.7 Å². The molecule has 0 saturated carbocycles. The fourth-order valence-corrected chi connectivity index (χ4v) is 2.12. The number of aromatic nitrogens is 3. The molecule has 0 fully saturated rings. The molecule has 0 aliphatic rings. The first-order valence-electron chi connectivity index (χ1n) is 6.00. The van der Waals surface area contributed by atoms with Crippen LogP contribution in [0.15, 0.2) is 61.1 Å². The number of hydrogen-bond donors (Lipinski definition) is 0. The smallest absolute Gasteiger partial charge is 0.134 e. The van der Waals surface area contributed by atoms with Crippen LogP contribution in [0.3, 0.4) is 0 Å². The molecule has 94 valence electrons. The first-order chi connectivity index (χ1) is 9.33. The third kappa shape index (κ3) is 2.66. The van der Waals surface area contributed by atoms with E-state index in [4.69, 9.17) is 11.6 Å². The molecule has 0 aliphatic carbocycles. The Morgan fingerprint density at radius 1 is 1.00 bits per heavy atom. The molecule has 0 unspecified atom stereocenters. The maximum atomic E-state index is 6.05. The summed E-state index contributed by atoms with van der Waals surface area (Å²) >= 11 is 6.05. The van der Waals surface area contributed by atoms with E-state index in [1.165, 1.54) is 0 Å². The van der Waals surface area contributed by atoms with E-state index in [0.717, 1.165) is 16.7 Å². The molecule has 0 atom stereocenters. The number of pyridine rings is 1. The van der Waals surface area contributed by atoms with Gasteiger partial charge in [-0.05, 0) is 11.6 Å². The molecule has 0 saturated heterocycles. The van der Waals surface area contributed by atoms with E-state index >= 15 is 0 Å². The molecule has 2 aromatic heterocycles. The number of benzene rings is 1. The van der Waals surface area contributed by atoms with Crippen molar-refractivity contribution in [1.82, 2.24) is 14.8 Å². The van der Waals surface area contributed by atoms with E-state index in [1.54, 1.807) is 6.20 Å². The Bertz CT molecular complexity index is 677. The van der Waals surface area contributed by atoms with Gasteiger partial charge < -0.3 is 0 Å². The van der Waals surface area contributed by atoms with Crippen molar-refractivity contribution < 1.29 is 0 Å². The Kier molecular flexibility index (Phi) is 3.29. The molecule has 4 heteroatoms. The maximum absolute atomic E-state index is 6.05. The molecule has 0 bridgehead atoms. The Morgan fingerprint density at radius 2 is 1.84 bits per heavy atom. The van der Waals surface area contributed by atoms with Gasteiger partial charge in [0.2, 0.25) is 0 Å². The highest BCUT2D eigenvalue weighted by molar-refractivity contribution is 6.30. The lowest BCUT2D eigenvalue weighted by molar-refractivity contribution is 0.685. The van der Waals surface area contributed by atoms with E-state index in [-0.39, 0.29) is 0 Å². The SMILES string of the molecule is Clc1ncccc1Cn1cc(-c2ccccc2)cn1. The summed E-state index contributed by atoms with van der Waals surface area (Å²) in [7, 11) is 0. The molecule has 0 radical (unpaired) electrons. The van der Waals surface area contributed by atoms with Gasteiger partial charge in [-0.15, -0.1) is 0 Å². The molecule has 19 heavy (non-hydrogen) atoms. The van der Waals surface area contributed by atoms with Crippen molar-refractivity contribution in [3.05, 3.63) is 71.8 Å². The van der Waals surface area contributed by atoms with Gasteiger partial charge in [-0.25, -0.2) is 4.98 Å². The third-order valence-corrected chi connectivity index (χ3v) is 3.25. The standard InChI is InChI=1S/C15H12ClN3/c16-15-13(7-4-8-17-15)10-19-11-14(9-18-19)12-5-2-1-3-6-12/h1-9,11H,10H2. The summed E-state index contributed by atoms with van der Waals surface area (Å²) in [4.78, 5) is 4.06. The molecule has 0 aliphatic heterocycles. The zero-order valence-corrected chi connectivity index (χ0v) is 11.0. The molecule has 0 N–H and O–H groups in total. The number of halogens is 1. The summed E-state index contributed by atoms with van der Waals surface area (Å²) in [6, 6.07) is 14.0. The van der Waals surface area contributed by atoms with Crippen molar-refractivity contribution in [2.45, 2.75) is 6.54 Å². The molecule has 3 aromatic rings. The van der Waals surface area contributed by atoms with Crippen LogP contribution in [-0.2, 0) is 6.54 Å². The van der Waals surface area contributed by atoms with Gasteiger partial charge in [-0.1, -0.05) is 48.0 Å². The van der Waals surface area contributed by atoms with Crippen LogP contribution in [0.25, 0.3) is 11.1 Å². The maximum Gasteiger partial charge on any atom is 0.134 e. The van der Waals surface area contributed by atoms with Crippen LogP contribution in [0.2, 0.25) is 5.15 Å². The first kappa shape index (κ1) is 11.9. The highest BCUT2D eigenvalue weighted by Gasteiger charge is 2.04. The molecular formula is C15H12ClN3. The molecule has 1 aromatic carbocycles. The van der Waals surface area contributed by atoms with Crippen molar-refractivity contribution in [3.63, 3.8) is 0 Å². The Balaban J connectivity index is 1.85. The fraction of sp³-hybridized carbons (Fsp3) is 0.0667. The van der Waals surface area contributed by atoms with Gasteiger partial charge >= 0.3 is 0 Å². The predicted octanol–water partition coefficient (Wildman–Crippen LogP) is 3.65. The van der Waals surface area contributed by atoms with E-state index in [9.17, 15) is 0 Å². The minimum atomic E-state index is 0.527. The topological polar surface area (TPSA) is 30.7 Å². The Hall–Kier alpha value is -2.13. The average Bonchev–Trinajstić information content (AvgIpc) is 2.91. The lowest BCUT2D eigenvalue weighted by Gasteiger charge is -2.03. The summed E-state index contributed by atoms with van der Waals surface area (Å²) in [5.74, 6) is 0. The second kappa shape index (κ2) is 5.24. The zero-order valence-electron chi connectivity index (χ0n) is 10.2. The fourth-order valence-electron chi connectivity index (χ4n) is 1.94. The van der Waals surface area contributed by atoms with Gasteiger partial charge in [0, 0.05) is 23.5 Å². The summed E-state index contributed by atoms with van der Waals surface area (Å²) in [5, 5.41) is 4.89. The summed E-state index contributed by atoms with van der Waals surface area (Å²) in [5.41, 5.74) is 3.22. The van der Waals surface area contributed by atoms with Gasteiger partial charge in [0.05, 0.1) is 12.7 Å². The Morgan fingerprint density at radius 3 is 2.63 bits per heavy atom. The highest BCUT2D eigenvalue weighted by atomic mass is 35.5. The van der Waals surface area contributed by atoms with Crippen molar-refractivity contribution in [3.8, 4) is 11.1 Å². The number of hydrogen-bond acceptors (Lipinski definition) is 2.